The van der Waals surface area contributed by atoms with Crippen LogP contribution >= 0.6 is 34.8 Å². The molecule has 0 bridgehead atoms. The lowest BCUT2D eigenvalue weighted by Gasteiger charge is -2.44. The molecule has 0 spiro atoms. The van der Waals surface area contributed by atoms with Gasteiger partial charge in [0.15, 0.2) is 0 Å². The van der Waals surface area contributed by atoms with Gasteiger partial charge in [-0.05, 0) is 74.1 Å². The first-order chi connectivity index (χ1) is 17.6. The highest BCUT2D eigenvalue weighted by Gasteiger charge is 2.39. The van der Waals surface area contributed by atoms with E-state index in [0.29, 0.717) is 65.8 Å². The highest BCUT2D eigenvalue weighted by Crippen LogP contribution is 2.36. The van der Waals surface area contributed by atoms with Crippen LogP contribution in [0.5, 0.6) is 0 Å². The van der Waals surface area contributed by atoms with Crippen molar-refractivity contribution in [3.63, 3.8) is 0 Å². The summed E-state index contributed by atoms with van der Waals surface area (Å²) in [5.74, 6) is -0.484. The Kier molecular flexibility index (Phi) is 9.04. The molecule has 2 aromatic rings. The van der Waals surface area contributed by atoms with Crippen LogP contribution in [0.3, 0.4) is 0 Å². The number of amides is 2. The zero-order chi connectivity index (χ0) is 26.7. The molecule has 0 unspecified atom stereocenters. The fraction of sp³-hybridized carbons (Fsp3) is 0.464. The minimum Gasteiger partial charge on any atom is -0.463 e. The first-order valence-electron chi connectivity index (χ1n) is 12.6. The van der Waals surface area contributed by atoms with Crippen molar-refractivity contribution in [2.75, 3.05) is 20.1 Å². The predicted octanol–water partition coefficient (Wildman–Crippen LogP) is 6.23. The van der Waals surface area contributed by atoms with Crippen molar-refractivity contribution in [2.45, 2.75) is 57.1 Å². The number of carbonyl (C=O) groups is 3. The second-order valence-electron chi connectivity index (χ2n) is 9.93. The highest BCUT2D eigenvalue weighted by atomic mass is 35.5. The van der Waals surface area contributed by atoms with Crippen molar-refractivity contribution in [3.05, 3.63) is 68.7 Å². The van der Waals surface area contributed by atoms with Gasteiger partial charge in [-0.3, -0.25) is 14.4 Å². The third-order valence-electron chi connectivity index (χ3n) is 7.52. The number of hydrogen-bond acceptors (Lipinski definition) is 4. The van der Waals surface area contributed by atoms with Crippen molar-refractivity contribution in [2.24, 2.45) is 5.92 Å². The van der Waals surface area contributed by atoms with Crippen molar-refractivity contribution in [1.82, 2.24) is 9.80 Å². The SMILES string of the molecule is CC(=O)O[C@H]1CC[C@H](C(=O)N2CC[C@@H](N(C)C(=O)c3ccc(Cl)cc3)[C@H](c3ccc(Cl)c(Cl)c3)C2)CC1. The van der Waals surface area contributed by atoms with Crippen LogP contribution in [0.1, 0.15) is 60.9 Å². The molecule has 0 radical (unpaired) electrons. The molecular weight excluding hydrogens is 535 g/mol. The van der Waals surface area contributed by atoms with Crippen molar-refractivity contribution >= 4 is 52.6 Å². The zero-order valence-electron chi connectivity index (χ0n) is 21.0. The molecule has 2 fully saturated rings. The molecule has 1 aliphatic heterocycles. The average Bonchev–Trinajstić information content (AvgIpc) is 2.89. The molecule has 6 nitrogen and oxygen atoms in total. The number of piperidine rings is 1. The van der Waals surface area contributed by atoms with E-state index in [1.807, 2.05) is 17.0 Å². The third kappa shape index (κ3) is 6.60. The Hall–Kier alpha value is -2.28. The van der Waals surface area contributed by atoms with Crippen LogP contribution in [0.15, 0.2) is 42.5 Å². The number of rotatable bonds is 5. The molecule has 37 heavy (non-hydrogen) atoms. The normalized spacial score (nSPS) is 23.9. The van der Waals surface area contributed by atoms with E-state index in [1.165, 1.54) is 6.92 Å². The molecule has 2 aliphatic rings. The minimum atomic E-state index is -0.279. The molecule has 2 atom stereocenters. The molecule has 1 heterocycles. The largest absolute Gasteiger partial charge is 0.463 e. The smallest absolute Gasteiger partial charge is 0.302 e. The Labute approximate surface area is 232 Å². The number of benzene rings is 2. The summed E-state index contributed by atoms with van der Waals surface area (Å²) in [5, 5.41) is 1.47. The van der Waals surface area contributed by atoms with Crippen LogP contribution in [-0.4, -0.2) is 59.9 Å². The monoisotopic (exact) mass is 564 g/mol. The van der Waals surface area contributed by atoms with Gasteiger partial charge in [0, 0.05) is 55.5 Å². The Morgan fingerprint density at radius 2 is 1.59 bits per heavy atom. The minimum absolute atomic E-state index is 0.0914. The van der Waals surface area contributed by atoms with Crippen LogP contribution in [0.4, 0.5) is 0 Å². The van der Waals surface area contributed by atoms with Gasteiger partial charge in [-0.25, -0.2) is 0 Å². The second-order valence-corrected chi connectivity index (χ2v) is 11.2. The van der Waals surface area contributed by atoms with Crippen LogP contribution < -0.4 is 0 Å². The van der Waals surface area contributed by atoms with E-state index in [1.54, 1.807) is 42.3 Å². The summed E-state index contributed by atoms with van der Waals surface area (Å²) in [5.41, 5.74) is 1.49. The van der Waals surface area contributed by atoms with Gasteiger partial charge in [0.25, 0.3) is 5.91 Å². The first-order valence-corrected chi connectivity index (χ1v) is 13.7. The van der Waals surface area contributed by atoms with Gasteiger partial charge in [0.2, 0.25) is 5.91 Å². The maximum absolute atomic E-state index is 13.5. The van der Waals surface area contributed by atoms with Crippen LogP contribution in [0, 0.1) is 5.92 Å². The highest BCUT2D eigenvalue weighted by molar-refractivity contribution is 6.42. The number of nitrogens with zero attached hydrogens (tertiary/aromatic N) is 2. The maximum Gasteiger partial charge on any atom is 0.302 e. The van der Waals surface area contributed by atoms with E-state index in [4.69, 9.17) is 39.5 Å². The number of ether oxygens (including phenoxy) is 1. The molecule has 1 saturated carbocycles. The van der Waals surface area contributed by atoms with Gasteiger partial charge >= 0.3 is 5.97 Å². The Morgan fingerprint density at radius 1 is 0.919 bits per heavy atom. The molecular formula is C28H31Cl3N2O4. The second kappa shape index (κ2) is 12.1. The molecule has 4 rings (SSSR count). The Bertz CT molecular complexity index is 1150. The van der Waals surface area contributed by atoms with Crippen molar-refractivity contribution in [1.29, 1.82) is 0 Å². The average molecular weight is 566 g/mol. The predicted molar refractivity (Wildman–Crippen MR) is 145 cm³/mol. The van der Waals surface area contributed by atoms with E-state index in [0.717, 1.165) is 5.56 Å². The molecule has 2 amide bonds. The van der Waals surface area contributed by atoms with Gasteiger partial charge in [0.1, 0.15) is 6.10 Å². The Morgan fingerprint density at radius 3 is 2.22 bits per heavy atom. The lowest BCUT2D eigenvalue weighted by atomic mass is 9.82. The molecule has 1 aliphatic carbocycles. The van der Waals surface area contributed by atoms with E-state index < -0.39 is 0 Å². The number of halogens is 3. The fourth-order valence-corrected chi connectivity index (χ4v) is 5.97. The topological polar surface area (TPSA) is 66.9 Å². The van der Waals surface area contributed by atoms with Crippen molar-refractivity contribution in [3.8, 4) is 0 Å². The van der Waals surface area contributed by atoms with Crippen molar-refractivity contribution < 1.29 is 19.1 Å². The lowest BCUT2D eigenvalue weighted by molar-refractivity contribution is -0.149. The van der Waals surface area contributed by atoms with Gasteiger partial charge in [0.05, 0.1) is 10.0 Å². The fourth-order valence-electron chi connectivity index (χ4n) is 5.54. The van der Waals surface area contributed by atoms with E-state index in [2.05, 4.69) is 0 Å². The number of carbonyl (C=O) groups excluding carboxylic acids is 3. The number of likely N-dealkylation sites (tertiary alicyclic amines) is 1. The molecule has 0 aromatic heterocycles. The molecule has 2 aromatic carbocycles. The molecule has 0 N–H and O–H groups in total. The zero-order valence-corrected chi connectivity index (χ0v) is 23.2. The molecule has 1 saturated heterocycles. The summed E-state index contributed by atoms with van der Waals surface area (Å²) in [7, 11) is 1.81. The van der Waals surface area contributed by atoms with Gasteiger partial charge in [-0.1, -0.05) is 40.9 Å². The maximum atomic E-state index is 13.5. The summed E-state index contributed by atoms with van der Waals surface area (Å²) in [4.78, 5) is 41.8. The summed E-state index contributed by atoms with van der Waals surface area (Å²) in [6.07, 6.45) is 3.31. The van der Waals surface area contributed by atoms with Crippen LogP contribution in [-0.2, 0) is 14.3 Å². The van der Waals surface area contributed by atoms with E-state index >= 15 is 0 Å². The summed E-state index contributed by atoms with van der Waals surface area (Å²) >= 11 is 18.6. The molecule has 9 heteroatoms. The number of esters is 1. The summed E-state index contributed by atoms with van der Waals surface area (Å²) < 4.78 is 5.33. The lowest BCUT2D eigenvalue weighted by Crippen LogP contribution is -2.53. The van der Waals surface area contributed by atoms with Gasteiger partial charge < -0.3 is 14.5 Å². The number of hydrogen-bond donors (Lipinski definition) is 0. The summed E-state index contributed by atoms with van der Waals surface area (Å²) in [6, 6.07) is 12.2. The molecule has 198 valence electrons. The quantitative estimate of drug-likeness (QED) is 0.403. The van der Waals surface area contributed by atoms with Gasteiger partial charge in [-0.15, -0.1) is 0 Å². The van der Waals surface area contributed by atoms with E-state index in [-0.39, 0.29) is 41.8 Å². The van der Waals surface area contributed by atoms with E-state index in [9.17, 15) is 14.4 Å². The summed E-state index contributed by atoms with van der Waals surface area (Å²) in [6.45, 7) is 2.45. The number of likely N-dealkylation sites (N-methyl/N-ethyl adjacent to an activating group) is 1. The van der Waals surface area contributed by atoms with Crippen LogP contribution in [0.2, 0.25) is 15.1 Å². The Balaban J connectivity index is 1.52. The third-order valence-corrected chi connectivity index (χ3v) is 8.52. The van der Waals surface area contributed by atoms with Gasteiger partial charge in [-0.2, -0.15) is 0 Å². The van der Waals surface area contributed by atoms with Crippen LogP contribution in [0.25, 0.3) is 0 Å². The first kappa shape index (κ1) is 27.7. The standard InChI is InChI=1S/C28H31Cl3N2O4/c1-17(34)37-22-10-5-19(6-11-22)28(36)33-14-13-26(23(16-33)20-7-12-24(30)25(31)15-20)32(2)27(35)18-3-8-21(29)9-4-18/h3-4,7-9,12,15,19,22-23,26H,5-6,10-11,13-14,16H2,1-2H3/t19-,22-,23-,26+/m0/s1.